The third-order valence-corrected chi connectivity index (χ3v) is 2.65. The van der Waals surface area contributed by atoms with Gasteiger partial charge >= 0.3 is 0 Å². The number of nitrogens with one attached hydrogen (secondary N) is 1. The third-order valence-electron chi connectivity index (χ3n) is 2.45. The number of aryl methyl sites for hydroxylation is 1. The molecule has 0 bridgehead atoms. The quantitative estimate of drug-likeness (QED) is 0.895. The zero-order valence-corrected chi connectivity index (χ0v) is 10.3. The highest BCUT2D eigenvalue weighted by molar-refractivity contribution is 6.30. The maximum atomic E-state index is 13.6. The van der Waals surface area contributed by atoms with E-state index in [1.165, 1.54) is 12.3 Å². The standard InChI is InChI=1S/C13H9ClFN3/c1-8-3-2-4-12(10(8)6-16)18-13-11(15)5-9(14)7-17-13/h2-5,7H,1H3,(H,17,18). The zero-order valence-electron chi connectivity index (χ0n) is 9.54. The third kappa shape index (κ3) is 2.41. The van der Waals surface area contributed by atoms with Crippen molar-refractivity contribution in [1.82, 2.24) is 4.98 Å². The fraction of sp³-hybridized carbons (Fsp3) is 0.0769. The monoisotopic (exact) mass is 261 g/mol. The first kappa shape index (κ1) is 12.3. The average Bonchev–Trinajstić information content (AvgIpc) is 2.33. The SMILES string of the molecule is Cc1cccc(Nc2ncc(Cl)cc2F)c1C#N. The Morgan fingerprint density at radius 2 is 2.22 bits per heavy atom. The molecular weight excluding hydrogens is 253 g/mol. The van der Waals surface area contributed by atoms with Gasteiger partial charge in [0.2, 0.25) is 0 Å². The van der Waals surface area contributed by atoms with Crippen LogP contribution in [-0.4, -0.2) is 4.98 Å². The fourth-order valence-corrected chi connectivity index (χ4v) is 1.70. The largest absolute Gasteiger partial charge is 0.337 e. The van der Waals surface area contributed by atoms with Crippen LogP contribution in [0, 0.1) is 24.1 Å². The van der Waals surface area contributed by atoms with Gasteiger partial charge in [-0.15, -0.1) is 0 Å². The first-order valence-corrected chi connectivity index (χ1v) is 5.57. The normalized spacial score (nSPS) is 9.89. The highest BCUT2D eigenvalue weighted by Crippen LogP contribution is 2.24. The molecule has 0 aliphatic rings. The molecule has 3 nitrogen and oxygen atoms in total. The van der Waals surface area contributed by atoms with Gasteiger partial charge in [0, 0.05) is 6.20 Å². The number of benzene rings is 1. The van der Waals surface area contributed by atoms with E-state index in [0.717, 1.165) is 5.56 Å². The highest BCUT2D eigenvalue weighted by Gasteiger charge is 2.09. The second-order valence-electron chi connectivity index (χ2n) is 3.72. The van der Waals surface area contributed by atoms with Gasteiger partial charge < -0.3 is 5.32 Å². The summed E-state index contributed by atoms with van der Waals surface area (Å²) in [5, 5.41) is 12.1. The van der Waals surface area contributed by atoms with E-state index in [0.29, 0.717) is 11.3 Å². The molecule has 1 aromatic carbocycles. The Hall–Kier alpha value is -2.12. The summed E-state index contributed by atoms with van der Waals surface area (Å²) >= 11 is 5.62. The van der Waals surface area contributed by atoms with Gasteiger partial charge in [0.15, 0.2) is 11.6 Å². The van der Waals surface area contributed by atoms with E-state index in [1.54, 1.807) is 12.1 Å². The Kier molecular flexibility index (Phi) is 3.45. The van der Waals surface area contributed by atoms with Crippen LogP contribution in [0.4, 0.5) is 15.9 Å². The molecule has 0 saturated heterocycles. The molecule has 0 aliphatic carbocycles. The van der Waals surface area contributed by atoms with Crippen molar-refractivity contribution in [2.24, 2.45) is 0 Å². The van der Waals surface area contributed by atoms with E-state index >= 15 is 0 Å². The van der Waals surface area contributed by atoms with Gasteiger partial charge in [0.1, 0.15) is 6.07 Å². The predicted octanol–water partition coefficient (Wildman–Crippen LogP) is 3.80. The molecule has 90 valence electrons. The molecule has 0 aliphatic heterocycles. The Morgan fingerprint density at radius 1 is 1.44 bits per heavy atom. The van der Waals surface area contributed by atoms with Gasteiger partial charge in [-0.25, -0.2) is 9.37 Å². The number of halogens is 2. The molecule has 1 aromatic heterocycles. The zero-order chi connectivity index (χ0) is 13.1. The lowest BCUT2D eigenvalue weighted by molar-refractivity contribution is 0.626. The van der Waals surface area contributed by atoms with E-state index in [9.17, 15) is 4.39 Å². The molecule has 1 heterocycles. The maximum absolute atomic E-state index is 13.6. The Balaban J connectivity index is 2.41. The number of rotatable bonds is 2. The van der Waals surface area contributed by atoms with Crippen molar-refractivity contribution in [3.05, 3.63) is 52.4 Å². The maximum Gasteiger partial charge on any atom is 0.167 e. The van der Waals surface area contributed by atoms with Gasteiger partial charge in [-0.3, -0.25) is 0 Å². The number of hydrogen-bond acceptors (Lipinski definition) is 3. The summed E-state index contributed by atoms with van der Waals surface area (Å²) in [5.74, 6) is -0.519. The summed E-state index contributed by atoms with van der Waals surface area (Å²) in [6.07, 6.45) is 1.34. The Labute approximate surface area is 109 Å². The Bertz CT molecular complexity index is 635. The molecule has 5 heteroatoms. The van der Waals surface area contributed by atoms with Crippen molar-refractivity contribution in [2.75, 3.05) is 5.32 Å². The van der Waals surface area contributed by atoms with Gasteiger partial charge in [-0.05, 0) is 24.6 Å². The number of pyridine rings is 1. The number of anilines is 2. The predicted molar refractivity (Wildman–Crippen MR) is 68.4 cm³/mol. The smallest absolute Gasteiger partial charge is 0.167 e. The van der Waals surface area contributed by atoms with Crippen LogP contribution in [0.1, 0.15) is 11.1 Å². The van der Waals surface area contributed by atoms with E-state index in [-0.39, 0.29) is 10.8 Å². The molecular formula is C13H9ClFN3. The molecule has 0 amide bonds. The molecule has 0 radical (unpaired) electrons. The van der Waals surface area contributed by atoms with Crippen LogP contribution in [0.2, 0.25) is 5.02 Å². The summed E-state index contributed by atoms with van der Waals surface area (Å²) in [6, 6.07) is 8.54. The van der Waals surface area contributed by atoms with Crippen LogP contribution in [-0.2, 0) is 0 Å². The van der Waals surface area contributed by atoms with Crippen LogP contribution in [0.25, 0.3) is 0 Å². The Morgan fingerprint density at radius 3 is 2.89 bits per heavy atom. The molecule has 0 saturated carbocycles. The lowest BCUT2D eigenvalue weighted by Crippen LogP contribution is -2.00. The second-order valence-corrected chi connectivity index (χ2v) is 4.15. The molecule has 2 rings (SSSR count). The summed E-state index contributed by atoms with van der Waals surface area (Å²) in [4.78, 5) is 3.85. The minimum Gasteiger partial charge on any atom is -0.337 e. The van der Waals surface area contributed by atoms with Gasteiger partial charge in [0.25, 0.3) is 0 Å². The van der Waals surface area contributed by atoms with E-state index in [4.69, 9.17) is 16.9 Å². The molecule has 0 atom stereocenters. The highest BCUT2D eigenvalue weighted by atomic mass is 35.5. The van der Waals surface area contributed by atoms with Crippen LogP contribution in [0.15, 0.2) is 30.5 Å². The summed E-state index contributed by atoms with van der Waals surface area (Å²) in [7, 11) is 0. The topological polar surface area (TPSA) is 48.7 Å². The van der Waals surface area contributed by atoms with Crippen molar-refractivity contribution in [2.45, 2.75) is 6.92 Å². The van der Waals surface area contributed by atoms with Gasteiger partial charge in [-0.2, -0.15) is 5.26 Å². The minimum absolute atomic E-state index is 0.0431. The van der Waals surface area contributed by atoms with Crippen LogP contribution >= 0.6 is 11.6 Å². The van der Waals surface area contributed by atoms with E-state index in [2.05, 4.69) is 16.4 Å². The lowest BCUT2D eigenvalue weighted by atomic mass is 10.1. The number of aromatic nitrogens is 1. The van der Waals surface area contributed by atoms with Gasteiger partial charge in [0.05, 0.1) is 16.3 Å². The molecule has 2 aromatic rings. The van der Waals surface area contributed by atoms with Crippen LogP contribution in [0.3, 0.4) is 0 Å². The number of hydrogen-bond donors (Lipinski definition) is 1. The van der Waals surface area contributed by atoms with Crippen molar-refractivity contribution in [1.29, 1.82) is 5.26 Å². The minimum atomic E-state index is -0.562. The fourth-order valence-electron chi connectivity index (χ4n) is 1.55. The molecule has 1 N–H and O–H groups in total. The second kappa shape index (κ2) is 5.03. The van der Waals surface area contributed by atoms with Gasteiger partial charge in [-0.1, -0.05) is 23.7 Å². The number of nitrogens with zero attached hydrogens (tertiary/aromatic N) is 2. The summed E-state index contributed by atoms with van der Waals surface area (Å²) in [5.41, 5.74) is 1.80. The summed E-state index contributed by atoms with van der Waals surface area (Å²) < 4.78 is 13.6. The first-order valence-electron chi connectivity index (χ1n) is 5.19. The van der Waals surface area contributed by atoms with E-state index in [1.807, 2.05) is 13.0 Å². The van der Waals surface area contributed by atoms with Crippen molar-refractivity contribution >= 4 is 23.1 Å². The summed E-state index contributed by atoms with van der Waals surface area (Å²) in [6.45, 7) is 1.81. The van der Waals surface area contributed by atoms with Crippen molar-refractivity contribution in [3.8, 4) is 6.07 Å². The molecule has 0 unspecified atom stereocenters. The average molecular weight is 262 g/mol. The number of nitriles is 1. The molecule has 18 heavy (non-hydrogen) atoms. The molecule has 0 fully saturated rings. The lowest BCUT2D eigenvalue weighted by Gasteiger charge is -2.09. The van der Waals surface area contributed by atoms with E-state index < -0.39 is 5.82 Å². The van der Waals surface area contributed by atoms with Crippen LogP contribution in [0.5, 0.6) is 0 Å². The molecule has 0 spiro atoms. The van der Waals surface area contributed by atoms with Crippen LogP contribution < -0.4 is 5.32 Å². The van der Waals surface area contributed by atoms with Crippen molar-refractivity contribution < 1.29 is 4.39 Å². The van der Waals surface area contributed by atoms with Crippen molar-refractivity contribution in [3.63, 3.8) is 0 Å². The first-order chi connectivity index (χ1) is 8.61.